The molecule has 0 aliphatic heterocycles. The van der Waals surface area contributed by atoms with Gasteiger partial charge in [-0.25, -0.2) is 4.98 Å². The Labute approximate surface area is 172 Å². The van der Waals surface area contributed by atoms with Gasteiger partial charge in [0.05, 0.1) is 5.52 Å². The predicted octanol–water partition coefficient (Wildman–Crippen LogP) is 5.61. The first-order chi connectivity index (χ1) is 13.6. The van der Waals surface area contributed by atoms with Crippen LogP contribution < -0.4 is 4.74 Å². The lowest BCUT2D eigenvalue weighted by atomic mass is 10.2. The maximum atomic E-state index is 6.32. The second-order valence-corrected chi connectivity index (χ2v) is 7.13. The van der Waals surface area contributed by atoms with Crippen molar-refractivity contribution in [3.63, 3.8) is 0 Å². The van der Waals surface area contributed by atoms with Gasteiger partial charge in [-0.05, 0) is 42.8 Å². The summed E-state index contributed by atoms with van der Waals surface area (Å²) in [4.78, 5) is 4.47. The van der Waals surface area contributed by atoms with E-state index in [0.717, 1.165) is 36.2 Å². The highest BCUT2D eigenvalue weighted by Crippen LogP contribution is 2.26. The van der Waals surface area contributed by atoms with Gasteiger partial charge >= 0.3 is 0 Å². The SMILES string of the molecule is CCCCc1nc(Cl)c2cc(-c3nnc(COc4ccc(Cl)cc4)o3)ccn12. The van der Waals surface area contributed by atoms with Crippen molar-refractivity contribution in [1.82, 2.24) is 19.6 Å². The van der Waals surface area contributed by atoms with Crippen molar-refractivity contribution in [1.29, 1.82) is 0 Å². The van der Waals surface area contributed by atoms with Crippen LogP contribution in [-0.4, -0.2) is 19.6 Å². The molecule has 4 rings (SSSR count). The van der Waals surface area contributed by atoms with Gasteiger partial charge in [-0.1, -0.05) is 36.5 Å². The van der Waals surface area contributed by atoms with Crippen LogP contribution in [0.5, 0.6) is 5.75 Å². The van der Waals surface area contributed by atoms with Crippen LogP contribution in [0.4, 0.5) is 0 Å². The quantitative estimate of drug-likeness (QED) is 0.391. The highest BCUT2D eigenvalue weighted by molar-refractivity contribution is 6.32. The van der Waals surface area contributed by atoms with E-state index in [9.17, 15) is 0 Å². The van der Waals surface area contributed by atoms with Gasteiger partial charge in [0.2, 0.25) is 5.89 Å². The van der Waals surface area contributed by atoms with Gasteiger partial charge in [0.15, 0.2) is 11.8 Å². The summed E-state index contributed by atoms with van der Waals surface area (Å²) in [6, 6.07) is 10.9. The zero-order chi connectivity index (χ0) is 19.5. The maximum absolute atomic E-state index is 6.32. The molecule has 0 radical (unpaired) electrons. The fourth-order valence-electron chi connectivity index (χ4n) is 2.86. The molecule has 3 aromatic heterocycles. The zero-order valence-corrected chi connectivity index (χ0v) is 16.7. The first-order valence-corrected chi connectivity index (χ1v) is 9.77. The molecule has 0 saturated carbocycles. The van der Waals surface area contributed by atoms with Gasteiger partial charge < -0.3 is 13.6 Å². The summed E-state index contributed by atoms with van der Waals surface area (Å²) < 4.78 is 13.4. The van der Waals surface area contributed by atoms with E-state index in [4.69, 9.17) is 32.4 Å². The van der Waals surface area contributed by atoms with Crippen LogP contribution in [0.1, 0.15) is 31.5 Å². The number of aromatic nitrogens is 4. The number of halogens is 2. The predicted molar refractivity (Wildman–Crippen MR) is 108 cm³/mol. The molecule has 0 amide bonds. The van der Waals surface area contributed by atoms with E-state index < -0.39 is 0 Å². The summed E-state index contributed by atoms with van der Waals surface area (Å²) in [5.41, 5.74) is 1.60. The maximum Gasteiger partial charge on any atom is 0.254 e. The Morgan fingerprint density at radius 2 is 1.93 bits per heavy atom. The van der Waals surface area contributed by atoms with Crippen LogP contribution in [0, 0.1) is 0 Å². The van der Waals surface area contributed by atoms with E-state index >= 15 is 0 Å². The molecule has 0 atom stereocenters. The molecular weight excluding hydrogens is 399 g/mol. The van der Waals surface area contributed by atoms with Gasteiger partial charge in [0.25, 0.3) is 5.89 Å². The van der Waals surface area contributed by atoms with E-state index in [1.54, 1.807) is 24.3 Å². The normalized spacial score (nSPS) is 11.2. The number of pyridine rings is 1. The topological polar surface area (TPSA) is 65.5 Å². The Morgan fingerprint density at radius 1 is 1.11 bits per heavy atom. The molecule has 0 N–H and O–H groups in total. The van der Waals surface area contributed by atoms with Crippen LogP contribution in [-0.2, 0) is 13.0 Å². The molecule has 28 heavy (non-hydrogen) atoms. The second-order valence-electron chi connectivity index (χ2n) is 6.34. The van der Waals surface area contributed by atoms with Crippen molar-refractivity contribution in [2.45, 2.75) is 32.8 Å². The number of benzene rings is 1. The molecule has 0 bridgehead atoms. The third kappa shape index (κ3) is 3.98. The number of ether oxygens (including phenoxy) is 1. The molecule has 144 valence electrons. The Morgan fingerprint density at radius 3 is 2.71 bits per heavy atom. The fourth-order valence-corrected chi connectivity index (χ4v) is 3.23. The molecule has 0 saturated heterocycles. The van der Waals surface area contributed by atoms with Crippen molar-refractivity contribution in [2.75, 3.05) is 0 Å². The molecule has 8 heteroatoms. The first kappa shape index (κ1) is 18.8. The van der Waals surface area contributed by atoms with Crippen LogP contribution in [0.2, 0.25) is 10.2 Å². The zero-order valence-electron chi connectivity index (χ0n) is 15.2. The Balaban J connectivity index is 1.52. The van der Waals surface area contributed by atoms with Gasteiger partial charge in [0, 0.05) is 23.2 Å². The van der Waals surface area contributed by atoms with Crippen molar-refractivity contribution < 1.29 is 9.15 Å². The summed E-state index contributed by atoms with van der Waals surface area (Å²) in [6.07, 6.45) is 4.99. The van der Waals surface area contributed by atoms with E-state index in [1.807, 2.05) is 22.7 Å². The molecule has 0 aliphatic rings. The summed E-state index contributed by atoms with van der Waals surface area (Å²) in [5.74, 6) is 2.42. The third-order valence-electron chi connectivity index (χ3n) is 4.32. The van der Waals surface area contributed by atoms with Crippen LogP contribution in [0.3, 0.4) is 0 Å². The number of hydrogen-bond acceptors (Lipinski definition) is 5. The molecule has 0 aliphatic carbocycles. The van der Waals surface area contributed by atoms with Crippen LogP contribution in [0.25, 0.3) is 17.0 Å². The molecule has 0 spiro atoms. The highest BCUT2D eigenvalue weighted by Gasteiger charge is 2.14. The number of unbranched alkanes of at least 4 members (excludes halogenated alkanes) is 1. The minimum absolute atomic E-state index is 0.172. The van der Waals surface area contributed by atoms with E-state index in [1.165, 1.54) is 0 Å². The van der Waals surface area contributed by atoms with E-state index in [0.29, 0.717) is 27.7 Å². The standard InChI is InChI=1S/C20H18Cl2N4O2/c1-2-3-4-17-23-19(22)16-11-13(9-10-26(16)17)20-25-24-18(28-20)12-27-15-7-5-14(21)6-8-15/h5-11H,2-4,12H2,1H3. The van der Waals surface area contributed by atoms with E-state index in [-0.39, 0.29) is 6.61 Å². The minimum atomic E-state index is 0.172. The summed E-state index contributed by atoms with van der Waals surface area (Å²) in [5, 5.41) is 9.29. The average molecular weight is 417 g/mol. The Bertz CT molecular complexity index is 1090. The fraction of sp³-hybridized carbons (Fsp3) is 0.250. The third-order valence-corrected chi connectivity index (χ3v) is 4.85. The number of imidazole rings is 1. The smallest absolute Gasteiger partial charge is 0.254 e. The lowest BCUT2D eigenvalue weighted by Gasteiger charge is -2.03. The van der Waals surface area contributed by atoms with Crippen LogP contribution in [0.15, 0.2) is 47.0 Å². The van der Waals surface area contributed by atoms with Crippen molar-refractivity contribution in [2.24, 2.45) is 0 Å². The largest absolute Gasteiger partial charge is 0.484 e. The molecule has 6 nitrogen and oxygen atoms in total. The summed E-state index contributed by atoms with van der Waals surface area (Å²) in [7, 11) is 0. The molecule has 0 unspecified atom stereocenters. The van der Waals surface area contributed by atoms with Crippen molar-refractivity contribution in [3.05, 3.63) is 64.5 Å². The van der Waals surface area contributed by atoms with Crippen molar-refractivity contribution in [3.8, 4) is 17.2 Å². The second kappa shape index (κ2) is 8.20. The molecule has 1 aromatic carbocycles. The highest BCUT2D eigenvalue weighted by atomic mass is 35.5. The Hall–Kier alpha value is -2.57. The van der Waals surface area contributed by atoms with Crippen LogP contribution >= 0.6 is 23.2 Å². The summed E-state index contributed by atoms with van der Waals surface area (Å²) >= 11 is 12.2. The van der Waals surface area contributed by atoms with E-state index in [2.05, 4.69) is 22.1 Å². The average Bonchev–Trinajstić information content (AvgIpc) is 3.30. The molecule has 0 fully saturated rings. The first-order valence-electron chi connectivity index (χ1n) is 9.01. The van der Waals surface area contributed by atoms with Gasteiger partial charge in [-0.3, -0.25) is 0 Å². The van der Waals surface area contributed by atoms with Crippen molar-refractivity contribution >= 4 is 28.7 Å². The monoisotopic (exact) mass is 416 g/mol. The molecule has 4 aromatic rings. The number of fused-ring (bicyclic) bond motifs is 1. The van der Waals surface area contributed by atoms with Gasteiger partial charge in [0.1, 0.15) is 11.6 Å². The lowest BCUT2D eigenvalue weighted by molar-refractivity contribution is 0.264. The molecule has 3 heterocycles. The van der Waals surface area contributed by atoms with Gasteiger partial charge in [-0.15, -0.1) is 10.2 Å². The van der Waals surface area contributed by atoms with Gasteiger partial charge in [-0.2, -0.15) is 0 Å². The minimum Gasteiger partial charge on any atom is -0.484 e. The summed E-state index contributed by atoms with van der Waals surface area (Å²) in [6.45, 7) is 2.32. The number of nitrogens with zero attached hydrogens (tertiary/aromatic N) is 4. The Kier molecular flexibility index (Phi) is 5.50. The lowest BCUT2D eigenvalue weighted by Crippen LogP contribution is -1.95. The number of hydrogen-bond donors (Lipinski definition) is 0. The number of rotatable bonds is 7. The molecular formula is C20H18Cl2N4O2. The number of aryl methyl sites for hydroxylation is 1.